The van der Waals surface area contributed by atoms with Crippen molar-refractivity contribution in [2.24, 2.45) is 0 Å². The predicted octanol–water partition coefficient (Wildman–Crippen LogP) is 2.79. The van der Waals surface area contributed by atoms with E-state index in [4.69, 9.17) is 9.47 Å². The van der Waals surface area contributed by atoms with E-state index in [-0.39, 0.29) is 0 Å². The van der Waals surface area contributed by atoms with Crippen LogP contribution in [0.5, 0.6) is 0 Å². The molecule has 3 heterocycles. The molecular weight excluding hydrogens is 294 g/mol. The quantitative estimate of drug-likeness (QED) is 0.815. The molecule has 2 unspecified atom stereocenters. The largest absolute Gasteiger partial charge is 0.377 e. The highest BCUT2D eigenvalue weighted by atomic mass is 32.2. The number of rotatable bonds is 6. The van der Waals surface area contributed by atoms with Gasteiger partial charge < -0.3 is 14.8 Å². The SMILES string of the molecule is C1CCC(CSc2nnc(NCC3CCCO3)s2)OC1. The van der Waals surface area contributed by atoms with E-state index in [2.05, 4.69) is 15.5 Å². The Balaban J connectivity index is 1.39. The van der Waals surface area contributed by atoms with Crippen molar-refractivity contribution >= 4 is 28.2 Å². The molecule has 2 fully saturated rings. The zero-order valence-corrected chi connectivity index (χ0v) is 13.2. The molecule has 3 rings (SSSR count). The molecule has 2 aliphatic heterocycles. The van der Waals surface area contributed by atoms with Gasteiger partial charge in [-0.25, -0.2) is 0 Å². The second-order valence-corrected chi connectivity index (χ2v) is 7.43. The molecule has 0 bridgehead atoms. The fraction of sp³-hybridized carbons (Fsp3) is 0.846. The van der Waals surface area contributed by atoms with Gasteiger partial charge in [-0.05, 0) is 32.1 Å². The van der Waals surface area contributed by atoms with E-state index >= 15 is 0 Å². The summed E-state index contributed by atoms with van der Waals surface area (Å²) in [5, 5.41) is 12.6. The van der Waals surface area contributed by atoms with Gasteiger partial charge in [0.05, 0.1) is 12.2 Å². The first-order valence-corrected chi connectivity index (χ1v) is 9.14. The summed E-state index contributed by atoms with van der Waals surface area (Å²) in [5.41, 5.74) is 0. The average Bonchev–Trinajstić information content (AvgIpc) is 3.16. The summed E-state index contributed by atoms with van der Waals surface area (Å²) in [4.78, 5) is 0. The van der Waals surface area contributed by atoms with Gasteiger partial charge in [0.2, 0.25) is 5.13 Å². The molecule has 1 aromatic heterocycles. The predicted molar refractivity (Wildman–Crippen MR) is 81.7 cm³/mol. The number of anilines is 1. The number of hydrogen-bond donors (Lipinski definition) is 1. The van der Waals surface area contributed by atoms with E-state index in [0.717, 1.165) is 41.4 Å². The van der Waals surface area contributed by atoms with Crippen LogP contribution >= 0.6 is 23.1 Å². The molecule has 2 atom stereocenters. The number of aromatic nitrogens is 2. The molecular formula is C13H21N3O2S2. The first kappa shape index (κ1) is 14.6. The lowest BCUT2D eigenvalue weighted by Crippen LogP contribution is -2.21. The van der Waals surface area contributed by atoms with Gasteiger partial charge in [0, 0.05) is 25.5 Å². The zero-order chi connectivity index (χ0) is 13.6. The lowest BCUT2D eigenvalue weighted by molar-refractivity contribution is 0.0315. The standard InChI is InChI=1S/C13H21N3O2S2/c1-2-6-18-11(4-1)9-19-13-16-15-12(20-13)14-8-10-5-3-7-17-10/h10-11H,1-9H2,(H,14,15). The van der Waals surface area contributed by atoms with E-state index in [1.165, 1.54) is 25.7 Å². The molecule has 0 radical (unpaired) electrons. The summed E-state index contributed by atoms with van der Waals surface area (Å²) in [6, 6.07) is 0. The van der Waals surface area contributed by atoms with Gasteiger partial charge in [0.1, 0.15) is 0 Å². The summed E-state index contributed by atoms with van der Waals surface area (Å²) in [7, 11) is 0. The number of ether oxygens (including phenoxy) is 2. The van der Waals surface area contributed by atoms with Crippen molar-refractivity contribution in [2.45, 2.75) is 48.7 Å². The van der Waals surface area contributed by atoms with Gasteiger partial charge in [-0.15, -0.1) is 10.2 Å². The van der Waals surface area contributed by atoms with Crippen LogP contribution in [-0.2, 0) is 9.47 Å². The monoisotopic (exact) mass is 315 g/mol. The van der Waals surface area contributed by atoms with Gasteiger partial charge in [-0.3, -0.25) is 0 Å². The van der Waals surface area contributed by atoms with E-state index in [1.807, 2.05) is 0 Å². The fourth-order valence-electron chi connectivity index (χ4n) is 2.45. The maximum atomic E-state index is 5.72. The van der Waals surface area contributed by atoms with E-state index in [1.54, 1.807) is 23.1 Å². The Morgan fingerprint density at radius 1 is 1.10 bits per heavy atom. The Morgan fingerprint density at radius 3 is 2.75 bits per heavy atom. The van der Waals surface area contributed by atoms with Crippen molar-refractivity contribution in [3.8, 4) is 0 Å². The third kappa shape index (κ3) is 4.31. The maximum Gasteiger partial charge on any atom is 0.206 e. The molecule has 0 amide bonds. The molecule has 5 nitrogen and oxygen atoms in total. The molecule has 1 aromatic rings. The van der Waals surface area contributed by atoms with Crippen LogP contribution in [0.15, 0.2) is 4.34 Å². The van der Waals surface area contributed by atoms with E-state index in [9.17, 15) is 0 Å². The molecule has 0 aromatic carbocycles. The normalized spacial score (nSPS) is 26.8. The van der Waals surface area contributed by atoms with Gasteiger partial charge in [-0.1, -0.05) is 23.1 Å². The van der Waals surface area contributed by atoms with Gasteiger partial charge >= 0.3 is 0 Å². The molecule has 7 heteroatoms. The summed E-state index contributed by atoms with van der Waals surface area (Å²) < 4.78 is 12.3. The minimum absolute atomic E-state index is 0.339. The van der Waals surface area contributed by atoms with E-state index < -0.39 is 0 Å². The van der Waals surface area contributed by atoms with Crippen LogP contribution in [0.2, 0.25) is 0 Å². The fourth-order valence-corrected chi connectivity index (χ4v) is 4.30. The Hall–Kier alpha value is -0.370. The van der Waals surface area contributed by atoms with Crippen molar-refractivity contribution in [3.63, 3.8) is 0 Å². The summed E-state index contributed by atoms with van der Waals surface area (Å²) >= 11 is 3.38. The van der Waals surface area contributed by atoms with Crippen molar-refractivity contribution in [2.75, 3.05) is 30.8 Å². The zero-order valence-electron chi connectivity index (χ0n) is 11.5. The highest BCUT2D eigenvalue weighted by molar-refractivity contribution is 8.01. The van der Waals surface area contributed by atoms with Crippen molar-refractivity contribution in [1.29, 1.82) is 0 Å². The number of hydrogen-bond acceptors (Lipinski definition) is 7. The summed E-state index contributed by atoms with van der Waals surface area (Å²) in [5.74, 6) is 0.986. The third-order valence-corrected chi connectivity index (χ3v) is 5.72. The Morgan fingerprint density at radius 2 is 1.95 bits per heavy atom. The topological polar surface area (TPSA) is 56.3 Å². The van der Waals surface area contributed by atoms with Crippen LogP contribution < -0.4 is 5.32 Å². The minimum atomic E-state index is 0.339. The Labute approximate surface area is 127 Å². The molecule has 0 aliphatic carbocycles. The Bertz CT molecular complexity index is 404. The third-order valence-electron chi connectivity index (χ3n) is 3.58. The highest BCUT2D eigenvalue weighted by Gasteiger charge is 2.17. The summed E-state index contributed by atoms with van der Waals surface area (Å²) in [6.45, 7) is 2.64. The first-order valence-electron chi connectivity index (χ1n) is 7.33. The van der Waals surface area contributed by atoms with Crippen LogP contribution in [-0.4, -0.2) is 47.9 Å². The Kier molecular flexibility index (Phi) is 5.52. The van der Waals surface area contributed by atoms with Gasteiger partial charge in [-0.2, -0.15) is 0 Å². The lowest BCUT2D eigenvalue weighted by Gasteiger charge is -2.21. The van der Waals surface area contributed by atoms with E-state index in [0.29, 0.717) is 12.2 Å². The van der Waals surface area contributed by atoms with Crippen LogP contribution in [0.3, 0.4) is 0 Å². The molecule has 2 aliphatic rings. The van der Waals surface area contributed by atoms with Crippen LogP contribution in [0.4, 0.5) is 5.13 Å². The van der Waals surface area contributed by atoms with Crippen molar-refractivity contribution in [3.05, 3.63) is 0 Å². The van der Waals surface area contributed by atoms with Crippen molar-refractivity contribution in [1.82, 2.24) is 10.2 Å². The molecule has 2 saturated heterocycles. The maximum absolute atomic E-state index is 5.72. The van der Waals surface area contributed by atoms with Gasteiger partial charge in [0.15, 0.2) is 4.34 Å². The molecule has 20 heavy (non-hydrogen) atoms. The van der Waals surface area contributed by atoms with Gasteiger partial charge in [0.25, 0.3) is 0 Å². The number of nitrogens with zero attached hydrogens (tertiary/aromatic N) is 2. The second kappa shape index (κ2) is 7.59. The molecule has 112 valence electrons. The van der Waals surface area contributed by atoms with Crippen LogP contribution in [0.1, 0.15) is 32.1 Å². The first-order chi connectivity index (χ1) is 9.90. The molecule has 0 spiro atoms. The van der Waals surface area contributed by atoms with Crippen molar-refractivity contribution < 1.29 is 9.47 Å². The highest BCUT2D eigenvalue weighted by Crippen LogP contribution is 2.28. The average molecular weight is 315 g/mol. The smallest absolute Gasteiger partial charge is 0.206 e. The molecule has 1 N–H and O–H groups in total. The van der Waals surface area contributed by atoms with Crippen LogP contribution in [0, 0.1) is 0 Å². The number of thioether (sulfide) groups is 1. The summed E-state index contributed by atoms with van der Waals surface area (Å²) in [6.07, 6.45) is 6.71. The molecule has 0 saturated carbocycles. The minimum Gasteiger partial charge on any atom is -0.377 e. The lowest BCUT2D eigenvalue weighted by atomic mass is 10.1. The second-order valence-electron chi connectivity index (χ2n) is 5.19. The van der Waals surface area contributed by atoms with Crippen LogP contribution in [0.25, 0.3) is 0 Å². The number of nitrogens with one attached hydrogen (secondary N) is 1.